The molecule has 0 radical (unpaired) electrons. The van der Waals surface area contributed by atoms with Gasteiger partial charge in [0.15, 0.2) is 6.29 Å². The molecule has 0 spiro atoms. The predicted molar refractivity (Wildman–Crippen MR) is 48.4 cm³/mol. The molecule has 1 aliphatic carbocycles. The predicted octanol–water partition coefficient (Wildman–Crippen LogP) is 2.52. The van der Waals surface area contributed by atoms with Crippen LogP contribution in [0.3, 0.4) is 0 Å². The van der Waals surface area contributed by atoms with E-state index in [0.717, 1.165) is 36.8 Å². The molecular weight excluding hydrogens is 167 g/mol. The third-order valence-corrected chi connectivity index (χ3v) is 2.59. The minimum atomic E-state index is -0.379. The molecule has 1 aromatic carbocycles. The number of aryl methyl sites for hydroxylation is 2. The molecule has 13 heavy (non-hydrogen) atoms. The molecule has 0 bridgehead atoms. The molecule has 0 saturated heterocycles. The molecule has 0 fully saturated rings. The molecule has 2 heteroatoms. The van der Waals surface area contributed by atoms with Gasteiger partial charge in [-0.3, -0.25) is 4.79 Å². The summed E-state index contributed by atoms with van der Waals surface area (Å²) in [7, 11) is 0. The zero-order chi connectivity index (χ0) is 9.26. The van der Waals surface area contributed by atoms with E-state index in [1.54, 1.807) is 6.07 Å². The summed E-state index contributed by atoms with van der Waals surface area (Å²) in [6.45, 7) is 0. The van der Waals surface area contributed by atoms with Crippen molar-refractivity contribution in [3.05, 3.63) is 34.6 Å². The number of carbonyl (C=O) groups is 1. The minimum Gasteiger partial charge on any atom is -0.298 e. The summed E-state index contributed by atoms with van der Waals surface area (Å²) >= 11 is 0. The Balaban J connectivity index is 2.50. The summed E-state index contributed by atoms with van der Waals surface area (Å²) in [5, 5.41) is 0. The van der Waals surface area contributed by atoms with Gasteiger partial charge in [-0.25, -0.2) is 4.39 Å². The van der Waals surface area contributed by atoms with E-state index in [2.05, 4.69) is 0 Å². The van der Waals surface area contributed by atoms with E-state index >= 15 is 0 Å². The van der Waals surface area contributed by atoms with Crippen molar-refractivity contribution in [2.24, 2.45) is 0 Å². The molecule has 0 atom stereocenters. The first-order valence-corrected chi connectivity index (χ1v) is 4.58. The van der Waals surface area contributed by atoms with Gasteiger partial charge in [0.2, 0.25) is 0 Å². The molecule has 0 aliphatic heterocycles. The van der Waals surface area contributed by atoms with E-state index in [4.69, 9.17) is 0 Å². The van der Waals surface area contributed by atoms with Gasteiger partial charge in [0.1, 0.15) is 5.82 Å². The van der Waals surface area contributed by atoms with Gasteiger partial charge in [0.25, 0.3) is 0 Å². The normalized spacial score (nSPS) is 15.2. The van der Waals surface area contributed by atoms with Gasteiger partial charge in [-0.2, -0.15) is 0 Å². The van der Waals surface area contributed by atoms with Gasteiger partial charge < -0.3 is 0 Å². The van der Waals surface area contributed by atoms with Gasteiger partial charge >= 0.3 is 0 Å². The Morgan fingerprint density at radius 2 is 1.77 bits per heavy atom. The van der Waals surface area contributed by atoms with E-state index in [1.165, 1.54) is 6.07 Å². The first-order chi connectivity index (χ1) is 6.31. The summed E-state index contributed by atoms with van der Waals surface area (Å²) < 4.78 is 13.1. The molecule has 0 heterocycles. The van der Waals surface area contributed by atoms with E-state index in [9.17, 15) is 9.18 Å². The van der Waals surface area contributed by atoms with Crippen molar-refractivity contribution in [1.82, 2.24) is 0 Å². The van der Waals surface area contributed by atoms with Crippen LogP contribution in [0.5, 0.6) is 0 Å². The van der Waals surface area contributed by atoms with Gasteiger partial charge in [0.05, 0.1) is 5.56 Å². The number of fused-ring (bicyclic) bond motifs is 1. The van der Waals surface area contributed by atoms with Crippen LogP contribution in [-0.2, 0) is 12.8 Å². The van der Waals surface area contributed by atoms with Gasteiger partial charge in [0, 0.05) is 0 Å². The second kappa shape index (κ2) is 3.29. The summed E-state index contributed by atoms with van der Waals surface area (Å²) in [6.07, 6.45) is 4.80. The van der Waals surface area contributed by atoms with Crippen LogP contribution < -0.4 is 0 Å². The molecule has 1 aromatic rings. The molecule has 1 nitrogen and oxygen atoms in total. The number of rotatable bonds is 1. The summed E-state index contributed by atoms with van der Waals surface area (Å²) in [5.74, 6) is -0.379. The van der Waals surface area contributed by atoms with Crippen LogP contribution in [0.25, 0.3) is 0 Å². The quantitative estimate of drug-likeness (QED) is 0.604. The number of aldehydes is 1. The lowest BCUT2D eigenvalue weighted by Gasteiger charge is -2.15. The third-order valence-electron chi connectivity index (χ3n) is 2.59. The second-order valence-corrected chi connectivity index (χ2v) is 3.47. The molecule has 0 amide bonds. The Labute approximate surface area is 76.6 Å². The maximum Gasteiger partial charge on any atom is 0.153 e. The highest BCUT2D eigenvalue weighted by atomic mass is 19.1. The first kappa shape index (κ1) is 8.42. The Bertz CT molecular complexity index is 344. The van der Waals surface area contributed by atoms with Crippen molar-refractivity contribution in [3.8, 4) is 0 Å². The molecule has 0 saturated carbocycles. The van der Waals surface area contributed by atoms with Gasteiger partial charge in [-0.05, 0) is 48.9 Å². The lowest BCUT2D eigenvalue weighted by Crippen LogP contribution is -2.04. The first-order valence-electron chi connectivity index (χ1n) is 4.58. The Morgan fingerprint density at radius 1 is 1.15 bits per heavy atom. The average Bonchev–Trinajstić information content (AvgIpc) is 2.17. The monoisotopic (exact) mass is 178 g/mol. The Kier molecular flexibility index (Phi) is 2.13. The van der Waals surface area contributed by atoms with Crippen molar-refractivity contribution in [1.29, 1.82) is 0 Å². The number of hydrogen-bond acceptors (Lipinski definition) is 1. The zero-order valence-electron chi connectivity index (χ0n) is 7.35. The minimum absolute atomic E-state index is 0.195. The van der Waals surface area contributed by atoms with E-state index in [-0.39, 0.29) is 11.4 Å². The van der Waals surface area contributed by atoms with Crippen LogP contribution in [0.1, 0.15) is 34.3 Å². The van der Waals surface area contributed by atoms with Crippen molar-refractivity contribution < 1.29 is 9.18 Å². The van der Waals surface area contributed by atoms with Crippen LogP contribution in [0, 0.1) is 5.82 Å². The fourth-order valence-electron chi connectivity index (χ4n) is 1.87. The lowest BCUT2D eigenvalue weighted by atomic mass is 9.90. The topological polar surface area (TPSA) is 17.1 Å². The molecular formula is C11H11FO. The van der Waals surface area contributed by atoms with Crippen LogP contribution in [-0.4, -0.2) is 6.29 Å². The second-order valence-electron chi connectivity index (χ2n) is 3.47. The summed E-state index contributed by atoms with van der Waals surface area (Å²) in [4.78, 5) is 10.5. The fourth-order valence-corrected chi connectivity index (χ4v) is 1.87. The Hall–Kier alpha value is -1.18. The summed E-state index contributed by atoms with van der Waals surface area (Å²) in [5.41, 5.74) is 2.42. The molecule has 1 aliphatic rings. The van der Waals surface area contributed by atoms with Crippen LogP contribution >= 0.6 is 0 Å². The highest BCUT2D eigenvalue weighted by Gasteiger charge is 2.12. The van der Waals surface area contributed by atoms with Crippen molar-refractivity contribution in [2.75, 3.05) is 0 Å². The lowest BCUT2D eigenvalue weighted by molar-refractivity contribution is 0.111. The number of halogens is 1. The van der Waals surface area contributed by atoms with Gasteiger partial charge in [-0.1, -0.05) is 0 Å². The number of carbonyl (C=O) groups excluding carboxylic acids is 1. The maximum atomic E-state index is 13.1. The Morgan fingerprint density at radius 3 is 2.38 bits per heavy atom. The van der Waals surface area contributed by atoms with E-state index in [0.29, 0.717) is 6.29 Å². The van der Waals surface area contributed by atoms with Crippen LogP contribution in [0.4, 0.5) is 4.39 Å². The van der Waals surface area contributed by atoms with E-state index < -0.39 is 0 Å². The molecule has 0 aromatic heterocycles. The SMILES string of the molecule is O=Cc1cc2c(cc1F)CCCC2. The molecule has 0 N–H and O–H groups in total. The number of benzene rings is 1. The van der Waals surface area contributed by atoms with Crippen molar-refractivity contribution in [2.45, 2.75) is 25.7 Å². The van der Waals surface area contributed by atoms with Crippen LogP contribution in [0.2, 0.25) is 0 Å². The van der Waals surface area contributed by atoms with Crippen molar-refractivity contribution >= 4 is 6.29 Å². The standard InChI is InChI=1S/C11H11FO/c12-11-6-9-4-2-1-3-8(9)5-10(11)7-13/h5-7H,1-4H2. The fraction of sp³-hybridized carbons (Fsp3) is 0.364. The van der Waals surface area contributed by atoms with Gasteiger partial charge in [-0.15, -0.1) is 0 Å². The highest BCUT2D eigenvalue weighted by Crippen LogP contribution is 2.23. The maximum absolute atomic E-state index is 13.1. The van der Waals surface area contributed by atoms with Crippen molar-refractivity contribution in [3.63, 3.8) is 0 Å². The molecule has 2 rings (SSSR count). The van der Waals surface area contributed by atoms with E-state index in [1.807, 2.05) is 0 Å². The average molecular weight is 178 g/mol. The number of hydrogen-bond donors (Lipinski definition) is 0. The zero-order valence-corrected chi connectivity index (χ0v) is 7.35. The smallest absolute Gasteiger partial charge is 0.153 e. The largest absolute Gasteiger partial charge is 0.298 e. The molecule has 68 valence electrons. The molecule has 0 unspecified atom stereocenters. The third kappa shape index (κ3) is 1.48. The highest BCUT2D eigenvalue weighted by molar-refractivity contribution is 5.75. The van der Waals surface area contributed by atoms with Crippen LogP contribution in [0.15, 0.2) is 12.1 Å². The summed E-state index contributed by atoms with van der Waals surface area (Å²) in [6, 6.07) is 3.20.